The molecule has 3 rings (SSSR count). The van der Waals surface area contributed by atoms with Crippen molar-refractivity contribution in [1.82, 2.24) is 14.5 Å². The van der Waals surface area contributed by atoms with Gasteiger partial charge in [0.1, 0.15) is 10.6 Å². The zero-order chi connectivity index (χ0) is 15.4. The van der Waals surface area contributed by atoms with Crippen LogP contribution in [0.5, 0.6) is 5.75 Å². The molecule has 0 bridgehead atoms. The highest BCUT2D eigenvalue weighted by Crippen LogP contribution is 2.32. The molecule has 2 heterocycles. The Balaban J connectivity index is 1.88. The monoisotopic (exact) mass is 317 g/mol. The summed E-state index contributed by atoms with van der Waals surface area (Å²) >= 11 is 1.16. The summed E-state index contributed by atoms with van der Waals surface area (Å²) in [6, 6.07) is 8.14. The second kappa shape index (κ2) is 6.87. The summed E-state index contributed by atoms with van der Waals surface area (Å²) in [4.78, 5) is 15.3. The molecule has 22 heavy (non-hydrogen) atoms. The fraction of sp³-hybridized carbons (Fsp3) is 0.438. The minimum Gasteiger partial charge on any atom is -0.497 e. The van der Waals surface area contributed by atoms with Crippen molar-refractivity contribution in [2.24, 2.45) is 0 Å². The molecule has 5 nitrogen and oxygen atoms in total. The Labute approximate surface area is 134 Å². The quantitative estimate of drug-likeness (QED) is 0.871. The highest BCUT2D eigenvalue weighted by Gasteiger charge is 2.28. The Morgan fingerprint density at radius 1 is 1.27 bits per heavy atom. The lowest BCUT2D eigenvalue weighted by Crippen LogP contribution is -2.34. The highest BCUT2D eigenvalue weighted by molar-refractivity contribution is 7.07. The largest absolute Gasteiger partial charge is 0.497 e. The molecule has 0 saturated carbocycles. The molecule has 1 aromatic carbocycles. The number of amides is 1. The summed E-state index contributed by atoms with van der Waals surface area (Å²) in [5.74, 6) is 0.875. The molecule has 116 valence electrons. The van der Waals surface area contributed by atoms with E-state index in [0.717, 1.165) is 55.1 Å². The van der Waals surface area contributed by atoms with Gasteiger partial charge in [-0.15, -0.1) is 5.10 Å². The second-order valence-corrected chi connectivity index (χ2v) is 6.20. The molecule has 1 aliphatic heterocycles. The van der Waals surface area contributed by atoms with Crippen LogP contribution in [-0.2, 0) is 0 Å². The average Bonchev–Trinajstić information content (AvgIpc) is 2.99. The van der Waals surface area contributed by atoms with Crippen molar-refractivity contribution in [3.05, 3.63) is 40.9 Å². The lowest BCUT2D eigenvalue weighted by molar-refractivity contribution is 0.0685. The van der Waals surface area contributed by atoms with Gasteiger partial charge in [0.05, 0.1) is 19.3 Å². The van der Waals surface area contributed by atoms with Crippen LogP contribution < -0.4 is 4.74 Å². The lowest BCUT2D eigenvalue weighted by Gasteiger charge is -2.30. The Kier molecular flexibility index (Phi) is 4.68. The standard InChI is InChI=1S/C16H19N3O2S/c1-21-13-8-6-12(7-9-13)14-5-3-2-4-10-19(14)16(20)15-11-17-18-22-15/h6-9,11,14H,2-5,10H2,1H3. The minimum atomic E-state index is 0.0396. The van der Waals surface area contributed by atoms with Gasteiger partial charge < -0.3 is 9.64 Å². The van der Waals surface area contributed by atoms with Crippen LogP contribution in [0.25, 0.3) is 0 Å². The van der Waals surface area contributed by atoms with Crippen LogP contribution >= 0.6 is 11.5 Å². The molecular formula is C16H19N3O2S. The zero-order valence-electron chi connectivity index (χ0n) is 12.6. The summed E-state index contributed by atoms with van der Waals surface area (Å²) in [6.07, 6.45) is 5.90. The van der Waals surface area contributed by atoms with Crippen molar-refractivity contribution in [2.75, 3.05) is 13.7 Å². The van der Waals surface area contributed by atoms with Gasteiger partial charge in [0.2, 0.25) is 0 Å². The van der Waals surface area contributed by atoms with E-state index in [9.17, 15) is 4.79 Å². The van der Waals surface area contributed by atoms with Gasteiger partial charge in [-0.2, -0.15) is 0 Å². The first-order valence-electron chi connectivity index (χ1n) is 7.52. The van der Waals surface area contributed by atoms with Crippen LogP contribution in [-0.4, -0.2) is 34.0 Å². The summed E-state index contributed by atoms with van der Waals surface area (Å²) < 4.78 is 9.03. The fourth-order valence-corrected chi connectivity index (χ4v) is 3.40. The minimum absolute atomic E-state index is 0.0396. The maximum atomic E-state index is 12.8. The maximum absolute atomic E-state index is 12.8. The smallest absolute Gasteiger partial charge is 0.267 e. The van der Waals surface area contributed by atoms with Gasteiger partial charge >= 0.3 is 0 Å². The van der Waals surface area contributed by atoms with Gasteiger partial charge in [0.25, 0.3) is 5.91 Å². The maximum Gasteiger partial charge on any atom is 0.267 e. The molecule has 1 fully saturated rings. The summed E-state index contributed by atoms with van der Waals surface area (Å²) in [5.41, 5.74) is 1.16. The van der Waals surface area contributed by atoms with Gasteiger partial charge in [-0.05, 0) is 42.1 Å². The number of methoxy groups -OCH3 is 1. The van der Waals surface area contributed by atoms with Crippen LogP contribution in [0, 0.1) is 0 Å². The summed E-state index contributed by atoms with van der Waals surface area (Å²) in [5, 5.41) is 3.79. The van der Waals surface area contributed by atoms with Crippen molar-refractivity contribution >= 4 is 17.4 Å². The van der Waals surface area contributed by atoms with Crippen molar-refractivity contribution in [2.45, 2.75) is 31.7 Å². The molecule has 0 N–H and O–H groups in total. The van der Waals surface area contributed by atoms with Gasteiger partial charge in [-0.3, -0.25) is 4.79 Å². The number of hydrogen-bond acceptors (Lipinski definition) is 5. The van der Waals surface area contributed by atoms with E-state index in [1.807, 2.05) is 17.0 Å². The molecule has 1 amide bonds. The first-order chi connectivity index (χ1) is 10.8. The number of benzene rings is 1. The molecule has 6 heteroatoms. The molecule has 1 unspecified atom stereocenters. The van der Waals surface area contributed by atoms with Crippen molar-refractivity contribution in [1.29, 1.82) is 0 Å². The molecule has 1 aromatic heterocycles. The van der Waals surface area contributed by atoms with Crippen LogP contribution in [0.3, 0.4) is 0 Å². The Bertz CT molecular complexity index is 613. The molecule has 2 aromatic rings. The Morgan fingerprint density at radius 2 is 2.09 bits per heavy atom. The number of likely N-dealkylation sites (tertiary alicyclic amines) is 1. The molecule has 0 aliphatic carbocycles. The molecule has 1 atom stereocenters. The topological polar surface area (TPSA) is 55.3 Å². The molecule has 0 spiro atoms. The predicted molar refractivity (Wildman–Crippen MR) is 85.1 cm³/mol. The SMILES string of the molecule is COc1ccc(C2CCCCCN2C(=O)c2cnns2)cc1. The van der Waals surface area contributed by atoms with Crippen LogP contribution in [0.4, 0.5) is 0 Å². The number of nitrogens with zero attached hydrogens (tertiary/aromatic N) is 3. The zero-order valence-corrected chi connectivity index (χ0v) is 13.4. The molecule has 1 saturated heterocycles. The van der Waals surface area contributed by atoms with E-state index >= 15 is 0 Å². The number of carbonyl (C=O) groups is 1. The lowest BCUT2D eigenvalue weighted by atomic mass is 10.0. The van der Waals surface area contributed by atoms with Crippen LogP contribution in [0.2, 0.25) is 0 Å². The first-order valence-corrected chi connectivity index (χ1v) is 8.29. The van der Waals surface area contributed by atoms with Crippen molar-refractivity contribution < 1.29 is 9.53 Å². The van der Waals surface area contributed by atoms with E-state index in [-0.39, 0.29) is 11.9 Å². The normalized spacial score (nSPS) is 18.8. The molecule has 0 radical (unpaired) electrons. The number of aromatic nitrogens is 2. The number of carbonyl (C=O) groups excluding carboxylic acids is 1. The predicted octanol–water partition coefficient (Wildman–Crippen LogP) is 3.30. The molecule has 1 aliphatic rings. The van der Waals surface area contributed by atoms with E-state index in [0.29, 0.717) is 4.88 Å². The third-order valence-electron chi connectivity index (χ3n) is 4.09. The number of ether oxygens (including phenoxy) is 1. The van der Waals surface area contributed by atoms with E-state index in [1.54, 1.807) is 13.3 Å². The highest BCUT2D eigenvalue weighted by atomic mass is 32.1. The number of rotatable bonds is 3. The fourth-order valence-electron chi connectivity index (χ4n) is 2.93. The van der Waals surface area contributed by atoms with E-state index in [2.05, 4.69) is 21.7 Å². The average molecular weight is 317 g/mol. The van der Waals surface area contributed by atoms with E-state index in [4.69, 9.17) is 4.74 Å². The molecular weight excluding hydrogens is 298 g/mol. The van der Waals surface area contributed by atoms with Gasteiger partial charge in [-0.25, -0.2) is 0 Å². The Hall–Kier alpha value is -1.95. The first kappa shape index (κ1) is 15.0. The second-order valence-electron chi connectivity index (χ2n) is 5.42. The van der Waals surface area contributed by atoms with E-state index < -0.39 is 0 Å². The Morgan fingerprint density at radius 3 is 2.77 bits per heavy atom. The van der Waals surface area contributed by atoms with Crippen LogP contribution in [0.1, 0.15) is 47.0 Å². The summed E-state index contributed by atoms with van der Waals surface area (Å²) in [7, 11) is 1.66. The third-order valence-corrected chi connectivity index (χ3v) is 4.74. The van der Waals surface area contributed by atoms with Gasteiger partial charge in [0, 0.05) is 6.54 Å². The number of hydrogen-bond donors (Lipinski definition) is 0. The summed E-state index contributed by atoms with van der Waals surface area (Å²) in [6.45, 7) is 0.785. The van der Waals surface area contributed by atoms with Gasteiger partial charge in [-0.1, -0.05) is 29.5 Å². The van der Waals surface area contributed by atoms with Crippen molar-refractivity contribution in [3.63, 3.8) is 0 Å². The third kappa shape index (κ3) is 3.11. The van der Waals surface area contributed by atoms with Crippen molar-refractivity contribution in [3.8, 4) is 5.75 Å². The van der Waals surface area contributed by atoms with Gasteiger partial charge in [0.15, 0.2) is 0 Å². The van der Waals surface area contributed by atoms with E-state index in [1.165, 1.54) is 0 Å². The van der Waals surface area contributed by atoms with Crippen LogP contribution in [0.15, 0.2) is 30.5 Å².